The summed E-state index contributed by atoms with van der Waals surface area (Å²) in [5, 5.41) is 15.7. The zero-order chi connectivity index (χ0) is 20.4. The number of nitrogens with one attached hydrogen (secondary N) is 2. The number of aromatic nitrogens is 2. The summed E-state index contributed by atoms with van der Waals surface area (Å²) in [6.45, 7) is 10.7. The molecule has 0 aliphatic heterocycles. The number of hydrogen-bond donors (Lipinski definition) is 3. The van der Waals surface area contributed by atoms with Gasteiger partial charge in [-0.25, -0.2) is 4.98 Å². The zero-order valence-corrected chi connectivity index (χ0v) is 17.1. The third-order valence-electron chi connectivity index (χ3n) is 5.12. The van der Waals surface area contributed by atoms with Crippen molar-refractivity contribution in [3.63, 3.8) is 0 Å². The molecular formula is C22H28N4O2. The van der Waals surface area contributed by atoms with Crippen LogP contribution in [-0.4, -0.2) is 33.0 Å². The Morgan fingerprint density at radius 3 is 2.54 bits per heavy atom. The maximum absolute atomic E-state index is 12.6. The van der Waals surface area contributed by atoms with Crippen molar-refractivity contribution >= 4 is 17.2 Å². The summed E-state index contributed by atoms with van der Waals surface area (Å²) in [4.78, 5) is 17.2. The van der Waals surface area contributed by atoms with Crippen LogP contribution >= 0.6 is 0 Å². The lowest BCUT2D eigenvalue weighted by atomic mass is 10.0. The Kier molecular flexibility index (Phi) is 5.70. The molecule has 28 heavy (non-hydrogen) atoms. The van der Waals surface area contributed by atoms with Crippen molar-refractivity contribution in [2.45, 2.75) is 47.3 Å². The van der Waals surface area contributed by atoms with Gasteiger partial charge in [-0.15, -0.1) is 0 Å². The van der Waals surface area contributed by atoms with E-state index in [4.69, 9.17) is 0 Å². The number of aliphatic hydroxyl groups is 1. The van der Waals surface area contributed by atoms with Crippen LogP contribution in [0.5, 0.6) is 0 Å². The van der Waals surface area contributed by atoms with Gasteiger partial charge in [0.1, 0.15) is 0 Å². The minimum Gasteiger partial charge on any atom is -0.392 e. The van der Waals surface area contributed by atoms with Gasteiger partial charge in [0, 0.05) is 25.0 Å². The lowest BCUT2D eigenvalue weighted by Gasteiger charge is -2.14. The number of aryl methyl sites for hydroxylation is 4. The summed E-state index contributed by atoms with van der Waals surface area (Å²) in [5.74, 6) is -0.219. The Hall–Kier alpha value is -2.86. The molecule has 0 spiro atoms. The number of rotatable bonds is 6. The van der Waals surface area contributed by atoms with Gasteiger partial charge in [0.05, 0.1) is 23.0 Å². The summed E-state index contributed by atoms with van der Waals surface area (Å²) in [6.07, 6.45) is 1.21. The number of carbonyl (C=O) groups is 1. The van der Waals surface area contributed by atoms with Crippen LogP contribution < -0.4 is 10.6 Å². The monoisotopic (exact) mass is 380 g/mol. The predicted octanol–water partition coefficient (Wildman–Crippen LogP) is 3.29. The first kappa shape index (κ1) is 19.9. The lowest BCUT2D eigenvalue weighted by Crippen LogP contribution is -2.30. The summed E-state index contributed by atoms with van der Waals surface area (Å²) < 4.78 is 1.94. The largest absolute Gasteiger partial charge is 0.392 e. The summed E-state index contributed by atoms with van der Waals surface area (Å²) in [6, 6.07) is 8.08. The Bertz CT molecular complexity index is 1000. The van der Waals surface area contributed by atoms with E-state index in [2.05, 4.69) is 47.7 Å². The highest BCUT2D eigenvalue weighted by Gasteiger charge is 2.15. The van der Waals surface area contributed by atoms with Crippen LogP contribution in [0.15, 0.2) is 30.5 Å². The van der Waals surface area contributed by atoms with Crippen LogP contribution in [0.3, 0.4) is 0 Å². The van der Waals surface area contributed by atoms with Crippen molar-refractivity contribution in [1.82, 2.24) is 14.7 Å². The summed E-state index contributed by atoms with van der Waals surface area (Å²) in [7, 11) is 0. The van der Waals surface area contributed by atoms with Gasteiger partial charge in [-0.1, -0.05) is 18.2 Å². The molecule has 0 saturated carbocycles. The van der Waals surface area contributed by atoms with E-state index in [-0.39, 0.29) is 12.5 Å². The number of anilines is 1. The van der Waals surface area contributed by atoms with E-state index >= 15 is 0 Å². The van der Waals surface area contributed by atoms with Gasteiger partial charge < -0.3 is 20.1 Å². The lowest BCUT2D eigenvalue weighted by molar-refractivity contribution is 0.0923. The van der Waals surface area contributed by atoms with Crippen molar-refractivity contribution in [2.24, 2.45) is 0 Å². The van der Waals surface area contributed by atoms with Crippen LogP contribution in [-0.2, 0) is 6.54 Å². The first-order chi connectivity index (χ1) is 13.3. The highest BCUT2D eigenvalue weighted by atomic mass is 16.3. The van der Waals surface area contributed by atoms with Crippen LogP contribution in [0.4, 0.5) is 5.69 Å². The van der Waals surface area contributed by atoms with E-state index in [9.17, 15) is 9.90 Å². The molecule has 2 aromatic heterocycles. The van der Waals surface area contributed by atoms with Crippen molar-refractivity contribution in [2.75, 3.05) is 11.9 Å². The molecule has 0 bridgehead atoms. The van der Waals surface area contributed by atoms with Crippen LogP contribution in [0, 0.1) is 27.7 Å². The molecule has 1 atom stereocenters. The van der Waals surface area contributed by atoms with Crippen molar-refractivity contribution < 1.29 is 9.90 Å². The standard InChI is InChI=1S/C22H28N4O2/c1-13-7-6-8-14(2)19(13)11-23-20-9-18(22(28)24-10-15(3)27)12-26-17(5)16(4)25-21(20)26/h6-9,12,15,23,27H,10-11H2,1-5H3,(H,24,28)/t15-/m1/s1. The molecule has 1 amide bonds. The van der Waals surface area contributed by atoms with Gasteiger partial charge in [0.25, 0.3) is 5.91 Å². The molecule has 0 radical (unpaired) electrons. The maximum atomic E-state index is 12.6. The van der Waals surface area contributed by atoms with Crippen molar-refractivity contribution in [1.29, 1.82) is 0 Å². The molecule has 3 rings (SSSR count). The van der Waals surface area contributed by atoms with E-state index in [1.165, 1.54) is 16.7 Å². The van der Waals surface area contributed by atoms with E-state index in [1.54, 1.807) is 13.1 Å². The molecular weight excluding hydrogens is 352 g/mol. The van der Waals surface area contributed by atoms with E-state index in [1.807, 2.05) is 24.3 Å². The second kappa shape index (κ2) is 8.02. The molecule has 2 heterocycles. The van der Waals surface area contributed by atoms with E-state index in [0.717, 1.165) is 22.7 Å². The Labute approximate surface area is 165 Å². The Morgan fingerprint density at radius 2 is 1.89 bits per heavy atom. The Morgan fingerprint density at radius 1 is 1.21 bits per heavy atom. The predicted molar refractivity (Wildman–Crippen MR) is 112 cm³/mol. The van der Waals surface area contributed by atoms with Gasteiger partial charge in [-0.2, -0.15) is 0 Å². The fraction of sp³-hybridized carbons (Fsp3) is 0.364. The van der Waals surface area contributed by atoms with Crippen molar-refractivity contribution in [3.05, 3.63) is 64.1 Å². The van der Waals surface area contributed by atoms with Crippen molar-refractivity contribution in [3.8, 4) is 0 Å². The van der Waals surface area contributed by atoms with Crippen LogP contribution in [0.1, 0.15) is 45.4 Å². The van der Waals surface area contributed by atoms with E-state index in [0.29, 0.717) is 12.1 Å². The van der Waals surface area contributed by atoms with E-state index < -0.39 is 6.10 Å². The number of hydrogen-bond acceptors (Lipinski definition) is 4. The van der Waals surface area contributed by atoms with Gasteiger partial charge in [0.15, 0.2) is 5.65 Å². The Balaban J connectivity index is 1.98. The van der Waals surface area contributed by atoms with Crippen LogP contribution in [0.25, 0.3) is 5.65 Å². The number of carbonyl (C=O) groups excluding carboxylic acids is 1. The van der Waals surface area contributed by atoms with Gasteiger partial charge in [0.2, 0.25) is 0 Å². The third kappa shape index (κ3) is 4.02. The summed E-state index contributed by atoms with van der Waals surface area (Å²) in [5.41, 5.74) is 7.75. The number of imidazole rings is 1. The molecule has 0 saturated heterocycles. The number of pyridine rings is 1. The first-order valence-corrected chi connectivity index (χ1v) is 9.52. The topological polar surface area (TPSA) is 78.7 Å². The molecule has 0 aliphatic carbocycles. The number of fused-ring (bicyclic) bond motifs is 1. The number of amides is 1. The highest BCUT2D eigenvalue weighted by molar-refractivity contribution is 5.96. The summed E-state index contributed by atoms with van der Waals surface area (Å²) >= 11 is 0. The maximum Gasteiger partial charge on any atom is 0.252 e. The molecule has 3 aromatic rings. The molecule has 6 nitrogen and oxygen atoms in total. The average molecular weight is 380 g/mol. The third-order valence-corrected chi connectivity index (χ3v) is 5.12. The van der Waals surface area contributed by atoms with Crippen LogP contribution in [0.2, 0.25) is 0 Å². The molecule has 148 valence electrons. The van der Waals surface area contributed by atoms with Gasteiger partial charge in [-0.05, 0) is 57.4 Å². The molecule has 0 unspecified atom stereocenters. The molecule has 1 aromatic carbocycles. The SMILES string of the molecule is Cc1cccc(C)c1CNc1cc(C(=O)NC[C@@H](C)O)cn2c(C)c(C)nc12. The molecule has 3 N–H and O–H groups in total. The molecule has 6 heteroatoms. The average Bonchev–Trinajstić information content (AvgIpc) is 2.93. The minimum atomic E-state index is -0.591. The fourth-order valence-corrected chi connectivity index (χ4v) is 3.28. The fourth-order valence-electron chi connectivity index (χ4n) is 3.28. The normalized spacial score (nSPS) is 12.2. The second-order valence-electron chi connectivity index (χ2n) is 7.40. The minimum absolute atomic E-state index is 0.212. The van der Waals surface area contributed by atoms with Gasteiger partial charge >= 0.3 is 0 Å². The number of benzene rings is 1. The first-order valence-electron chi connectivity index (χ1n) is 9.52. The molecule has 0 fully saturated rings. The number of nitrogens with zero attached hydrogens (tertiary/aromatic N) is 2. The smallest absolute Gasteiger partial charge is 0.252 e. The van der Waals surface area contributed by atoms with Gasteiger partial charge in [-0.3, -0.25) is 4.79 Å². The second-order valence-corrected chi connectivity index (χ2v) is 7.40. The highest BCUT2D eigenvalue weighted by Crippen LogP contribution is 2.24. The molecule has 0 aliphatic rings. The zero-order valence-electron chi connectivity index (χ0n) is 17.1. The number of aliphatic hydroxyl groups excluding tert-OH is 1. The quantitative estimate of drug-likeness (QED) is 0.613.